The van der Waals surface area contributed by atoms with Gasteiger partial charge in [0.25, 0.3) is 0 Å². The molecule has 0 aliphatic heterocycles. The Bertz CT molecular complexity index is 491. The monoisotopic (exact) mass is 299 g/mol. The van der Waals surface area contributed by atoms with Crippen LogP contribution in [-0.4, -0.2) is 12.5 Å². The molecular weight excluding hydrogens is 270 g/mol. The smallest absolute Gasteiger partial charge is 0.226 e. The van der Waals surface area contributed by atoms with Crippen LogP contribution in [0.3, 0.4) is 0 Å². The maximum Gasteiger partial charge on any atom is 0.226 e. The molecule has 0 spiro atoms. The number of carbonyl (C=O) groups excluding carboxylic acids is 1. The van der Waals surface area contributed by atoms with E-state index in [0.29, 0.717) is 5.91 Å². The Labute approximate surface area is 133 Å². The van der Waals surface area contributed by atoms with Crippen LogP contribution in [0.1, 0.15) is 57.8 Å². The quantitative estimate of drug-likeness (QED) is 0.847. The van der Waals surface area contributed by atoms with Gasteiger partial charge in [0.2, 0.25) is 5.91 Å². The van der Waals surface area contributed by atoms with E-state index in [0.717, 1.165) is 53.9 Å². The summed E-state index contributed by atoms with van der Waals surface area (Å²) in [5.74, 6) is 8.13. The van der Waals surface area contributed by atoms with E-state index in [1.807, 2.05) is 0 Å². The molecule has 7 rings (SSSR count). The van der Waals surface area contributed by atoms with Gasteiger partial charge < -0.3 is 5.32 Å². The minimum absolute atomic E-state index is 0.0640. The maximum atomic E-state index is 13.0. The Morgan fingerprint density at radius 1 is 0.818 bits per heavy atom. The fraction of sp³-hybridized carbons (Fsp3) is 0.950. The zero-order valence-corrected chi connectivity index (χ0v) is 13.6. The lowest BCUT2D eigenvalue weighted by molar-refractivity contribution is -0.146. The van der Waals surface area contributed by atoms with Crippen molar-refractivity contribution in [3.8, 4) is 0 Å². The molecule has 1 amide bonds. The summed E-state index contributed by atoms with van der Waals surface area (Å²) in [6.45, 7) is 1.00. The molecule has 7 saturated carbocycles. The molecule has 0 unspecified atom stereocenters. The summed E-state index contributed by atoms with van der Waals surface area (Å²) in [5.41, 5.74) is 0.0640. The van der Waals surface area contributed by atoms with Crippen LogP contribution < -0.4 is 5.32 Å². The van der Waals surface area contributed by atoms with Gasteiger partial charge in [0.1, 0.15) is 0 Å². The number of nitrogens with one attached hydrogen (secondary N) is 1. The number of rotatable bonds is 3. The first kappa shape index (κ1) is 12.8. The second-order valence-corrected chi connectivity index (χ2v) is 10.1. The zero-order valence-electron chi connectivity index (χ0n) is 13.6. The highest BCUT2D eigenvalue weighted by atomic mass is 16.2. The predicted molar refractivity (Wildman–Crippen MR) is 84.9 cm³/mol. The number of amides is 1. The molecule has 2 heteroatoms. The van der Waals surface area contributed by atoms with Crippen molar-refractivity contribution in [3.05, 3.63) is 0 Å². The Hall–Kier alpha value is -0.530. The van der Waals surface area contributed by atoms with Crippen LogP contribution in [0.25, 0.3) is 0 Å². The summed E-state index contributed by atoms with van der Waals surface area (Å²) in [6, 6.07) is 0. The SMILES string of the molecule is O=C(NC[C@H]1C[C@@H]2C[C@@H]1[C@@H]1C[C@H]21)C12CC3CC(CC(C3)C1)C2. The van der Waals surface area contributed by atoms with E-state index < -0.39 is 0 Å². The first-order valence-corrected chi connectivity index (χ1v) is 9.98. The van der Waals surface area contributed by atoms with Gasteiger partial charge in [-0.3, -0.25) is 4.79 Å². The van der Waals surface area contributed by atoms with E-state index in [1.54, 1.807) is 0 Å². The van der Waals surface area contributed by atoms with Gasteiger partial charge in [-0.15, -0.1) is 0 Å². The van der Waals surface area contributed by atoms with Crippen LogP contribution in [0.5, 0.6) is 0 Å². The van der Waals surface area contributed by atoms with Crippen molar-refractivity contribution in [2.75, 3.05) is 6.54 Å². The summed E-state index contributed by atoms with van der Waals surface area (Å²) >= 11 is 0. The average Bonchev–Trinajstić information content (AvgIpc) is 3.09. The van der Waals surface area contributed by atoms with Gasteiger partial charge in [0, 0.05) is 12.0 Å². The van der Waals surface area contributed by atoms with E-state index in [1.165, 1.54) is 57.8 Å². The third-order valence-corrected chi connectivity index (χ3v) is 8.88. The maximum absolute atomic E-state index is 13.0. The largest absolute Gasteiger partial charge is 0.355 e. The summed E-state index contributed by atoms with van der Waals surface area (Å²) in [5, 5.41) is 3.47. The molecule has 7 aliphatic carbocycles. The molecule has 0 aromatic rings. The van der Waals surface area contributed by atoms with E-state index in [-0.39, 0.29) is 5.41 Å². The second-order valence-electron chi connectivity index (χ2n) is 10.1. The van der Waals surface area contributed by atoms with Crippen molar-refractivity contribution < 1.29 is 4.79 Å². The fourth-order valence-electron chi connectivity index (χ4n) is 8.38. The predicted octanol–water partition coefficient (Wildman–Crippen LogP) is 3.61. The van der Waals surface area contributed by atoms with Crippen molar-refractivity contribution in [2.45, 2.75) is 57.8 Å². The van der Waals surface area contributed by atoms with Gasteiger partial charge in [0.05, 0.1) is 0 Å². The lowest BCUT2D eigenvalue weighted by Crippen LogP contribution is -2.54. The summed E-state index contributed by atoms with van der Waals surface area (Å²) < 4.78 is 0. The normalized spacial score (nSPS) is 59.6. The fourth-order valence-corrected chi connectivity index (χ4v) is 8.38. The van der Waals surface area contributed by atoms with Crippen LogP contribution in [-0.2, 0) is 4.79 Å². The summed E-state index contributed by atoms with van der Waals surface area (Å²) in [4.78, 5) is 13.0. The highest BCUT2D eigenvalue weighted by Crippen LogP contribution is 2.67. The molecule has 7 fully saturated rings. The lowest BCUT2D eigenvalue weighted by atomic mass is 9.49. The van der Waals surface area contributed by atoms with Gasteiger partial charge in [-0.05, 0) is 105 Å². The minimum atomic E-state index is 0.0640. The van der Waals surface area contributed by atoms with Crippen LogP contribution in [0, 0.1) is 52.8 Å². The van der Waals surface area contributed by atoms with E-state index in [2.05, 4.69) is 5.32 Å². The molecule has 0 heterocycles. The minimum Gasteiger partial charge on any atom is -0.355 e. The molecular formula is C20H29NO. The van der Waals surface area contributed by atoms with Gasteiger partial charge in [0.15, 0.2) is 0 Å². The van der Waals surface area contributed by atoms with Crippen molar-refractivity contribution in [1.82, 2.24) is 5.32 Å². The highest BCUT2D eigenvalue weighted by molar-refractivity contribution is 5.83. The van der Waals surface area contributed by atoms with E-state index >= 15 is 0 Å². The van der Waals surface area contributed by atoms with E-state index in [4.69, 9.17) is 0 Å². The van der Waals surface area contributed by atoms with Crippen molar-refractivity contribution >= 4 is 5.91 Å². The number of fused-ring (bicyclic) bond motifs is 5. The number of hydrogen-bond acceptors (Lipinski definition) is 1. The summed E-state index contributed by atoms with van der Waals surface area (Å²) in [7, 11) is 0. The van der Waals surface area contributed by atoms with Crippen molar-refractivity contribution in [2.24, 2.45) is 52.8 Å². The molecule has 2 nitrogen and oxygen atoms in total. The Morgan fingerprint density at radius 2 is 1.50 bits per heavy atom. The molecule has 1 N–H and O–H groups in total. The van der Waals surface area contributed by atoms with Crippen LogP contribution >= 0.6 is 0 Å². The highest BCUT2D eigenvalue weighted by Gasteiger charge is 2.61. The van der Waals surface area contributed by atoms with Crippen LogP contribution in [0.2, 0.25) is 0 Å². The second kappa shape index (κ2) is 4.11. The lowest BCUT2D eigenvalue weighted by Gasteiger charge is -2.55. The van der Waals surface area contributed by atoms with Gasteiger partial charge in [-0.25, -0.2) is 0 Å². The molecule has 7 aliphatic rings. The third-order valence-electron chi connectivity index (χ3n) is 8.88. The van der Waals surface area contributed by atoms with Gasteiger partial charge in [-0.2, -0.15) is 0 Å². The zero-order chi connectivity index (χ0) is 14.5. The Balaban J connectivity index is 1.14. The van der Waals surface area contributed by atoms with Gasteiger partial charge >= 0.3 is 0 Å². The van der Waals surface area contributed by atoms with Crippen LogP contribution in [0.4, 0.5) is 0 Å². The molecule has 5 atom stereocenters. The van der Waals surface area contributed by atoms with Crippen molar-refractivity contribution in [1.29, 1.82) is 0 Å². The molecule has 0 aromatic carbocycles. The average molecular weight is 299 g/mol. The molecule has 22 heavy (non-hydrogen) atoms. The standard InChI is InChI=1S/C20H29NO/c22-19(20-7-11-1-12(8-20)3-13(2-11)9-20)21-10-15-4-14-5-16(15)18-6-17(14)18/h11-18H,1-10H2,(H,21,22)/t11?,12?,13?,14-,15-,16+,17-,18+,20?/m1/s1. The first-order valence-electron chi connectivity index (χ1n) is 9.98. The first-order chi connectivity index (χ1) is 10.7. The summed E-state index contributed by atoms with van der Waals surface area (Å²) in [6.07, 6.45) is 12.4. The molecule has 6 bridgehead atoms. The topological polar surface area (TPSA) is 29.1 Å². The van der Waals surface area contributed by atoms with Gasteiger partial charge in [-0.1, -0.05) is 0 Å². The van der Waals surface area contributed by atoms with Crippen molar-refractivity contribution in [3.63, 3.8) is 0 Å². The number of hydrogen-bond donors (Lipinski definition) is 1. The molecule has 0 aromatic heterocycles. The van der Waals surface area contributed by atoms with E-state index in [9.17, 15) is 4.79 Å². The Morgan fingerprint density at radius 3 is 2.09 bits per heavy atom. The van der Waals surface area contributed by atoms with Crippen LogP contribution in [0.15, 0.2) is 0 Å². The Kier molecular flexibility index (Phi) is 2.40. The number of carbonyl (C=O) groups is 1. The molecule has 0 radical (unpaired) electrons. The molecule has 0 saturated heterocycles. The molecule has 120 valence electrons. The third kappa shape index (κ3) is 1.65.